The van der Waals surface area contributed by atoms with E-state index in [0.29, 0.717) is 11.3 Å². The molecule has 0 aliphatic rings. The van der Waals surface area contributed by atoms with Crippen LogP contribution < -0.4 is 4.74 Å². The summed E-state index contributed by atoms with van der Waals surface area (Å²) in [6.07, 6.45) is 0. The zero-order valence-corrected chi connectivity index (χ0v) is 8.40. The maximum absolute atomic E-state index is 10.7. The summed E-state index contributed by atoms with van der Waals surface area (Å²) in [5, 5.41) is 10.7. The lowest BCUT2D eigenvalue weighted by atomic mass is 10.0. The molecule has 0 unspecified atom stereocenters. The average Bonchev–Trinajstić information content (AvgIpc) is 2.16. The summed E-state index contributed by atoms with van der Waals surface area (Å²) in [5.41, 5.74) is 0.736. The molecule has 0 aliphatic carbocycles. The number of ether oxygens (including phenoxy) is 1. The third-order valence-electron chi connectivity index (χ3n) is 1.94. The van der Waals surface area contributed by atoms with Crippen LogP contribution in [0.5, 0.6) is 5.75 Å². The number of nitrogens with zero attached hydrogens (tertiary/aromatic N) is 1. The van der Waals surface area contributed by atoms with Crippen LogP contribution in [0.4, 0.5) is 5.69 Å². The molecule has 0 amide bonds. The van der Waals surface area contributed by atoms with Crippen molar-refractivity contribution in [3.8, 4) is 5.75 Å². The van der Waals surface area contributed by atoms with Crippen molar-refractivity contribution in [2.45, 2.75) is 13.8 Å². The van der Waals surface area contributed by atoms with E-state index in [1.54, 1.807) is 12.1 Å². The summed E-state index contributed by atoms with van der Waals surface area (Å²) < 4.78 is 5.00. The highest BCUT2D eigenvalue weighted by Gasteiger charge is 2.17. The number of hydrogen-bond acceptors (Lipinski definition) is 3. The Bertz CT molecular complexity index is 347. The zero-order chi connectivity index (χ0) is 10.7. The van der Waals surface area contributed by atoms with Crippen molar-refractivity contribution in [1.82, 2.24) is 0 Å². The molecule has 0 aliphatic heterocycles. The van der Waals surface area contributed by atoms with Crippen LogP contribution in [0.25, 0.3) is 0 Å². The maximum atomic E-state index is 10.7. The van der Waals surface area contributed by atoms with Gasteiger partial charge in [0, 0.05) is 17.5 Å². The van der Waals surface area contributed by atoms with Gasteiger partial charge in [0.05, 0.1) is 12.0 Å². The van der Waals surface area contributed by atoms with Gasteiger partial charge >= 0.3 is 0 Å². The van der Waals surface area contributed by atoms with Gasteiger partial charge in [0.1, 0.15) is 5.75 Å². The lowest BCUT2D eigenvalue weighted by Gasteiger charge is -2.07. The molecule has 4 nitrogen and oxygen atoms in total. The molecule has 0 aromatic heterocycles. The van der Waals surface area contributed by atoms with Gasteiger partial charge in [-0.15, -0.1) is 0 Å². The summed E-state index contributed by atoms with van der Waals surface area (Å²) in [6, 6.07) is 4.72. The first-order valence-electron chi connectivity index (χ1n) is 4.19. The number of nitro groups is 1. The van der Waals surface area contributed by atoms with Gasteiger partial charge in [-0.25, -0.2) is 0 Å². The van der Waals surface area contributed by atoms with E-state index in [4.69, 9.17) is 4.74 Å². The van der Waals surface area contributed by atoms with Gasteiger partial charge in [0.25, 0.3) is 5.69 Å². The van der Waals surface area contributed by atoms with E-state index in [9.17, 15) is 10.1 Å². The number of benzene rings is 1. The fourth-order valence-corrected chi connectivity index (χ4v) is 1.20. The second kappa shape index (κ2) is 4.09. The van der Waals surface area contributed by atoms with E-state index in [-0.39, 0.29) is 10.6 Å². The maximum Gasteiger partial charge on any atom is 0.273 e. The number of methoxy groups -OCH3 is 1. The van der Waals surface area contributed by atoms with Crippen molar-refractivity contribution in [1.29, 1.82) is 0 Å². The van der Waals surface area contributed by atoms with Crippen LogP contribution in [-0.2, 0) is 0 Å². The first-order valence-corrected chi connectivity index (χ1v) is 4.19. The van der Waals surface area contributed by atoms with Gasteiger partial charge in [0.15, 0.2) is 0 Å². The van der Waals surface area contributed by atoms with Crippen LogP contribution in [0.2, 0.25) is 0 Å². The van der Waals surface area contributed by atoms with E-state index >= 15 is 0 Å². The van der Waals surface area contributed by atoms with Crippen LogP contribution in [0, 0.1) is 16.0 Å². The molecule has 1 aromatic rings. The summed E-state index contributed by atoms with van der Waals surface area (Å²) in [6.45, 7) is 3.67. The highest BCUT2D eigenvalue weighted by Crippen LogP contribution is 2.29. The first kappa shape index (κ1) is 10.5. The smallest absolute Gasteiger partial charge is 0.273 e. The fourth-order valence-electron chi connectivity index (χ4n) is 1.20. The molecular formula is C10H12NO3. The third kappa shape index (κ3) is 2.02. The van der Waals surface area contributed by atoms with Crippen molar-refractivity contribution >= 4 is 5.69 Å². The molecule has 0 spiro atoms. The summed E-state index contributed by atoms with van der Waals surface area (Å²) in [7, 11) is 1.54. The van der Waals surface area contributed by atoms with Crippen molar-refractivity contribution in [2.75, 3.05) is 7.11 Å². The topological polar surface area (TPSA) is 52.4 Å². The lowest BCUT2D eigenvalue weighted by Crippen LogP contribution is -1.98. The van der Waals surface area contributed by atoms with Gasteiger partial charge in [0.2, 0.25) is 0 Å². The molecule has 1 rings (SSSR count). The Morgan fingerprint density at radius 3 is 2.50 bits per heavy atom. The molecule has 1 radical (unpaired) electrons. The van der Waals surface area contributed by atoms with Crippen molar-refractivity contribution in [3.05, 3.63) is 39.8 Å². The van der Waals surface area contributed by atoms with Gasteiger partial charge in [-0.3, -0.25) is 10.1 Å². The highest BCUT2D eigenvalue weighted by atomic mass is 16.6. The minimum Gasteiger partial charge on any atom is -0.497 e. The Morgan fingerprint density at radius 1 is 1.43 bits per heavy atom. The van der Waals surface area contributed by atoms with Crippen molar-refractivity contribution < 1.29 is 9.66 Å². The molecule has 14 heavy (non-hydrogen) atoms. The molecule has 0 bridgehead atoms. The Hall–Kier alpha value is -1.58. The summed E-state index contributed by atoms with van der Waals surface area (Å²) in [4.78, 5) is 10.3. The van der Waals surface area contributed by atoms with Gasteiger partial charge in [-0.2, -0.15) is 0 Å². The van der Waals surface area contributed by atoms with E-state index < -0.39 is 0 Å². The van der Waals surface area contributed by atoms with E-state index in [1.807, 2.05) is 13.8 Å². The molecule has 0 fully saturated rings. The van der Waals surface area contributed by atoms with Crippen LogP contribution in [-0.4, -0.2) is 12.0 Å². The highest BCUT2D eigenvalue weighted by molar-refractivity contribution is 5.51. The average molecular weight is 194 g/mol. The normalized spacial score (nSPS) is 10.3. The quantitative estimate of drug-likeness (QED) is 0.548. The molecule has 0 saturated carbocycles. The van der Waals surface area contributed by atoms with Crippen molar-refractivity contribution in [2.24, 2.45) is 0 Å². The molecule has 75 valence electrons. The Balaban J connectivity index is 3.24. The minimum atomic E-state index is -0.387. The Labute approximate surface area is 82.7 Å². The third-order valence-corrected chi connectivity index (χ3v) is 1.94. The second-order valence-electron chi connectivity index (χ2n) is 3.14. The van der Waals surface area contributed by atoms with Crippen LogP contribution >= 0.6 is 0 Å². The summed E-state index contributed by atoms with van der Waals surface area (Å²) >= 11 is 0. The lowest BCUT2D eigenvalue weighted by molar-refractivity contribution is -0.385. The SMILES string of the molecule is COc1ccc([N+](=O)[O-])c([C](C)C)c1. The monoisotopic (exact) mass is 194 g/mol. The first-order chi connectivity index (χ1) is 6.56. The molecular weight excluding hydrogens is 182 g/mol. The molecule has 1 aromatic carbocycles. The predicted molar refractivity (Wildman–Crippen MR) is 53.3 cm³/mol. The minimum absolute atomic E-state index is 0.116. The largest absolute Gasteiger partial charge is 0.497 e. The Kier molecular flexibility index (Phi) is 3.06. The summed E-state index contributed by atoms with van der Waals surface area (Å²) in [5.74, 6) is 1.53. The number of nitro benzene ring substituents is 1. The van der Waals surface area contributed by atoms with Gasteiger partial charge in [-0.1, -0.05) is 13.8 Å². The van der Waals surface area contributed by atoms with Crippen molar-refractivity contribution in [3.63, 3.8) is 0 Å². The van der Waals surface area contributed by atoms with Crippen LogP contribution in [0.15, 0.2) is 18.2 Å². The molecule has 4 heteroatoms. The standard InChI is InChI=1S/C10H12NO3/c1-7(2)9-6-8(14-3)4-5-10(9)11(12)13/h4-6H,1-3H3. The van der Waals surface area contributed by atoms with Crippen LogP contribution in [0.3, 0.4) is 0 Å². The molecule has 0 saturated heterocycles. The molecule has 0 N–H and O–H groups in total. The molecule has 0 atom stereocenters. The second-order valence-corrected chi connectivity index (χ2v) is 3.14. The van der Waals surface area contributed by atoms with E-state index in [0.717, 1.165) is 5.92 Å². The van der Waals surface area contributed by atoms with E-state index in [1.165, 1.54) is 13.2 Å². The van der Waals surface area contributed by atoms with E-state index in [2.05, 4.69) is 0 Å². The fraction of sp³-hybridized carbons (Fsp3) is 0.300. The van der Waals surface area contributed by atoms with Gasteiger partial charge in [-0.05, 0) is 12.1 Å². The Morgan fingerprint density at radius 2 is 2.07 bits per heavy atom. The van der Waals surface area contributed by atoms with Crippen LogP contribution in [0.1, 0.15) is 19.4 Å². The number of rotatable bonds is 3. The molecule has 0 heterocycles. The number of hydrogen-bond donors (Lipinski definition) is 0. The predicted octanol–water partition coefficient (Wildman–Crippen LogP) is 2.57. The zero-order valence-electron chi connectivity index (χ0n) is 8.40. The van der Waals surface area contributed by atoms with Gasteiger partial charge < -0.3 is 4.74 Å².